The standard InChI is InChI=1S/C16H18N2S3/c1-20-15-9-5-6-13(12-15)18-16(19)17-10-11-21-14-7-3-2-4-8-14/h2-9,12H,10-11H2,1H3,(H2,17,18,19). The van der Waals surface area contributed by atoms with E-state index >= 15 is 0 Å². The number of nitrogens with one attached hydrogen (secondary N) is 2. The van der Waals surface area contributed by atoms with Gasteiger partial charge in [-0.15, -0.1) is 23.5 Å². The summed E-state index contributed by atoms with van der Waals surface area (Å²) in [6.07, 6.45) is 2.07. The zero-order valence-electron chi connectivity index (χ0n) is 11.8. The van der Waals surface area contributed by atoms with Gasteiger partial charge in [0.25, 0.3) is 0 Å². The molecule has 0 atom stereocenters. The summed E-state index contributed by atoms with van der Waals surface area (Å²) >= 11 is 8.85. The average molecular weight is 335 g/mol. The fourth-order valence-corrected chi connectivity index (χ4v) is 3.20. The molecular formula is C16H18N2S3. The Morgan fingerprint density at radius 2 is 1.81 bits per heavy atom. The Balaban J connectivity index is 1.70. The third-order valence-corrected chi connectivity index (χ3v) is 4.71. The first kappa shape index (κ1) is 16.2. The third kappa shape index (κ3) is 5.99. The lowest BCUT2D eigenvalue weighted by Gasteiger charge is -2.11. The molecule has 110 valence electrons. The lowest BCUT2D eigenvalue weighted by Crippen LogP contribution is -2.30. The van der Waals surface area contributed by atoms with Gasteiger partial charge in [0.1, 0.15) is 0 Å². The second kappa shape index (κ2) is 8.97. The first-order valence-corrected chi connectivity index (χ1v) is 9.26. The van der Waals surface area contributed by atoms with Crippen molar-refractivity contribution in [3.05, 3.63) is 54.6 Å². The van der Waals surface area contributed by atoms with Crippen LogP contribution in [0.4, 0.5) is 5.69 Å². The van der Waals surface area contributed by atoms with Crippen LogP contribution in [0.1, 0.15) is 0 Å². The van der Waals surface area contributed by atoms with Crippen LogP contribution in [0.5, 0.6) is 0 Å². The van der Waals surface area contributed by atoms with E-state index in [1.165, 1.54) is 9.79 Å². The van der Waals surface area contributed by atoms with Crippen molar-refractivity contribution in [3.63, 3.8) is 0 Å². The van der Waals surface area contributed by atoms with E-state index in [0.29, 0.717) is 5.11 Å². The van der Waals surface area contributed by atoms with E-state index in [1.807, 2.05) is 30.0 Å². The largest absolute Gasteiger partial charge is 0.362 e. The topological polar surface area (TPSA) is 24.1 Å². The van der Waals surface area contributed by atoms with Gasteiger partial charge in [0, 0.05) is 27.8 Å². The van der Waals surface area contributed by atoms with Gasteiger partial charge < -0.3 is 10.6 Å². The number of thioether (sulfide) groups is 2. The Morgan fingerprint density at radius 3 is 2.57 bits per heavy atom. The van der Waals surface area contributed by atoms with Crippen molar-refractivity contribution in [2.24, 2.45) is 0 Å². The Morgan fingerprint density at radius 1 is 1.05 bits per heavy atom. The maximum atomic E-state index is 5.31. The van der Waals surface area contributed by atoms with E-state index in [1.54, 1.807) is 11.8 Å². The summed E-state index contributed by atoms with van der Waals surface area (Å²) in [7, 11) is 0. The molecule has 2 aromatic carbocycles. The van der Waals surface area contributed by atoms with Crippen molar-refractivity contribution in [1.82, 2.24) is 5.32 Å². The Labute approximate surface area is 140 Å². The molecule has 0 aliphatic heterocycles. The highest BCUT2D eigenvalue weighted by molar-refractivity contribution is 7.99. The van der Waals surface area contributed by atoms with Crippen LogP contribution in [0.25, 0.3) is 0 Å². The van der Waals surface area contributed by atoms with Crippen molar-refractivity contribution in [3.8, 4) is 0 Å². The normalized spacial score (nSPS) is 10.1. The van der Waals surface area contributed by atoms with Gasteiger partial charge >= 0.3 is 0 Å². The zero-order valence-corrected chi connectivity index (χ0v) is 14.3. The van der Waals surface area contributed by atoms with E-state index in [0.717, 1.165) is 18.0 Å². The van der Waals surface area contributed by atoms with Gasteiger partial charge in [-0.2, -0.15) is 0 Å². The van der Waals surface area contributed by atoms with Gasteiger partial charge in [-0.1, -0.05) is 24.3 Å². The minimum Gasteiger partial charge on any atom is -0.362 e. The number of rotatable bonds is 6. The van der Waals surface area contributed by atoms with Crippen LogP contribution in [0.15, 0.2) is 64.4 Å². The van der Waals surface area contributed by atoms with Crippen molar-refractivity contribution >= 4 is 46.5 Å². The van der Waals surface area contributed by atoms with E-state index in [4.69, 9.17) is 12.2 Å². The molecule has 0 spiro atoms. The highest BCUT2D eigenvalue weighted by Gasteiger charge is 1.99. The number of thiocarbonyl (C=S) groups is 1. The molecule has 0 saturated heterocycles. The van der Waals surface area contributed by atoms with Crippen molar-refractivity contribution in [2.45, 2.75) is 9.79 Å². The van der Waals surface area contributed by atoms with Gasteiger partial charge in [0.05, 0.1) is 0 Å². The molecule has 0 saturated carbocycles. The maximum absolute atomic E-state index is 5.31. The minimum atomic E-state index is 0.668. The van der Waals surface area contributed by atoms with Crippen molar-refractivity contribution < 1.29 is 0 Å². The molecule has 0 aliphatic carbocycles. The smallest absolute Gasteiger partial charge is 0.170 e. The summed E-state index contributed by atoms with van der Waals surface area (Å²) in [6.45, 7) is 0.841. The van der Waals surface area contributed by atoms with Crippen LogP contribution in [-0.4, -0.2) is 23.7 Å². The van der Waals surface area contributed by atoms with Crippen LogP contribution >= 0.6 is 35.7 Å². The molecule has 0 heterocycles. The van der Waals surface area contributed by atoms with E-state index < -0.39 is 0 Å². The molecule has 0 bridgehead atoms. The highest BCUT2D eigenvalue weighted by Crippen LogP contribution is 2.19. The summed E-state index contributed by atoms with van der Waals surface area (Å²) in [5, 5.41) is 7.11. The van der Waals surface area contributed by atoms with Crippen LogP contribution in [-0.2, 0) is 0 Å². The molecule has 2 N–H and O–H groups in total. The van der Waals surface area contributed by atoms with Gasteiger partial charge in [0.2, 0.25) is 0 Å². The van der Waals surface area contributed by atoms with Gasteiger partial charge in [-0.05, 0) is 48.8 Å². The monoisotopic (exact) mass is 334 g/mol. The van der Waals surface area contributed by atoms with E-state index in [9.17, 15) is 0 Å². The molecule has 21 heavy (non-hydrogen) atoms. The second-order valence-corrected chi connectivity index (χ2v) is 6.73. The molecule has 0 amide bonds. The maximum Gasteiger partial charge on any atom is 0.170 e. The van der Waals surface area contributed by atoms with E-state index in [2.05, 4.69) is 53.3 Å². The van der Waals surface area contributed by atoms with Crippen LogP contribution in [0.3, 0.4) is 0 Å². The second-order valence-electron chi connectivity index (χ2n) is 4.27. The zero-order chi connectivity index (χ0) is 14.9. The molecule has 0 fully saturated rings. The molecule has 2 rings (SSSR count). The van der Waals surface area contributed by atoms with Crippen molar-refractivity contribution in [2.75, 3.05) is 23.9 Å². The van der Waals surface area contributed by atoms with Crippen molar-refractivity contribution in [1.29, 1.82) is 0 Å². The number of benzene rings is 2. The molecule has 0 unspecified atom stereocenters. The summed E-state index contributed by atoms with van der Waals surface area (Å²) in [5.41, 5.74) is 1.02. The molecule has 2 aromatic rings. The van der Waals surface area contributed by atoms with Crippen LogP contribution < -0.4 is 10.6 Å². The van der Waals surface area contributed by atoms with Crippen LogP contribution in [0, 0.1) is 0 Å². The minimum absolute atomic E-state index is 0.668. The van der Waals surface area contributed by atoms with Gasteiger partial charge in [-0.25, -0.2) is 0 Å². The quantitative estimate of drug-likeness (QED) is 0.461. The predicted octanol–water partition coefficient (Wildman–Crippen LogP) is 4.49. The first-order valence-electron chi connectivity index (χ1n) is 6.64. The van der Waals surface area contributed by atoms with E-state index in [-0.39, 0.29) is 0 Å². The molecule has 0 aromatic heterocycles. The fraction of sp³-hybridized carbons (Fsp3) is 0.188. The summed E-state index contributed by atoms with van der Waals surface area (Å²) in [4.78, 5) is 2.51. The lowest BCUT2D eigenvalue weighted by atomic mass is 10.3. The summed E-state index contributed by atoms with van der Waals surface area (Å²) < 4.78 is 0. The number of anilines is 1. The third-order valence-electron chi connectivity index (χ3n) is 2.73. The average Bonchev–Trinajstić information content (AvgIpc) is 2.53. The summed E-state index contributed by atoms with van der Waals surface area (Å²) in [6, 6.07) is 18.6. The Kier molecular flexibility index (Phi) is 6.92. The Hall–Kier alpha value is -1.17. The molecule has 0 aliphatic rings. The SMILES string of the molecule is CSc1cccc(NC(=S)NCCSc2ccccc2)c1. The fourth-order valence-electron chi connectivity index (χ4n) is 1.73. The molecule has 2 nitrogen and oxygen atoms in total. The van der Waals surface area contributed by atoms with Gasteiger partial charge in [-0.3, -0.25) is 0 Å². The van der Waals surface area contributed by atoms with Crippen LogP contribution in [0.2, 0.25) is 0 Å². The lowest BCUT2D eigenvalue weighted by molar-refractivity contribution is 0.990. The Bertz CT molecular complexity index is 573. The van der Waals surface area contributed by atoms with Gasteiger partial charge in [0.15, 0.2) is 5.11 Å². The molecular weight excluding hydrogens is 316 g/mol. The number of hydrogen-bond acceptors (Lipinski definition) is 3. The predicted molar refractivity (Wildman–Crippen MR) is 99.6 cm³/mol. The number of hydrogen-bond donors (Lipinski definition) is 2. The molecule has 0 radical (unpaired) electrons. The first-order chi connectivity index (χ1) is 10.3. The highest BCUT2D eigenvalue weighted by atomic mass is 32.2. The molecule has 5 heteroatoms. The summed E-state index contributed by atoms with van der Waals surface area (Å²) in [5.74, 6) is 0.983.